The number of fused-ring (bicyclic) bond motifs is 3. The molecule has 122 valence electrons. The Bertz CT molecular complexity index is 785. The molecule has 0 bridgehead atoms. The van der Waals surface area contributed by atoms with Gasteiger partial charge in [0.15, 0.2) is 0 Å². The van der Waals surface area contributed by atoms with Crippen molar-refractivity contribution in [1.29, 1.82) is 0 Å². The number of thiophene rings is 1. The molecule has 0 saturated carbocycles. The number of rotatable bonds is 6. The molecule has 0 saturated heterocycles. The van der Waals surface area contributed by atoms with Crippen molar-refractivity contribution in [2.75, 3.05) is 19.6 Å². The zero-order valence-corrected chi connectivity index (χ0v) is 15.5. The van der Waals surface area contributed by atoms with Gasteiger partial charge in [-0.25, -0.2) is 0 Å². The van der Waals surface area contributed by atoms with Crippen LogP contribution >= 0.6 is 11.3 Å². The lowest BCUT2D eigenvalue weighted by atomic mass is 9.88. The monoisotopic (exact) mass is 325 g/mol. The quantitative estimate of drug-likeness (QED) is 0.526. The number of benzene rings is 2. The van der Waals surface area contributed by atoms with E-state index in [-0.39, 0.29) is 0 Å². The summed E-state index contributed by atoms with van der Waals surface area (Å²) in [4.78, 5) is 2.53. The lowest BCUT2D eigenvalue weighted by Gasteiger charge is -2.27. The first kappa shape index (κ1) is 16.5. The van der Waals surface area contributed by atoms with Gasteiger partial charge in [0.2, 0.25) is 0 Å². The molecule has 3 aromatic rings. The summed E-state index contributed by atoms with van der Waals surface area (Å²) < 4.78 is 2.79. The van der Waals surface area contributed by atoms with Gasteiger partial charge in [-0.3, -0.25) is 0 Å². The minimum absolute atomic E-state index is 0.582. The van der Waals surface area contributed by atoms with Crippen molar-refractivity contribution in [2.45, 2.75) is 33.6 Å². The van der Waals surface area contributed by atoms with Crippen molar-refractivity contribution in [1.82, 2.24) is 4.90 Å². The van der Waals surface area contributed by atoms with Gasteiger partial charge in [-0.1, -0.05) is 52.0 Å². The SMILES string of the molecule is CCN(CC)CC(C)C(C)c1ccc2sc3ccccc3c2c1. The highest BCUT2D eigenvalue weighted by molar-refractivity contribution is 7.25. The van der Waals surface area contributed by atoms with Crippen LogP contribution in [0.25, 0.3) is 20.2 Å². The van der Waals surface area contributed by atoms with E-state index in [0.717, 1.165) is 13.1 Å². The molecular weight excluding hydrogens is 298 g/mol. The van der Waals surface area contributed by atoms with Crippen LogP contribution in [-0.4, -0.2) is 24.5 Å². The highest BCUT2D eigenvalue weighted by Gasteiger charge is 2.17. The predicted molar refractivity (Wildman–Crippen MR) is 105 cm³/mol. The van der Waals surface area contributed by atoms with Gasteiger partial charge in [0.1, 0.15) is 0 Å². The number of hydrogen-bond donors (Lipinski definition) is 0. The Morgan fingerprint density at radius 1 is 0.913 bits per heavy atom. The van der Waals surface area contributed by atoms with Gasteiger partial charge in [-0.2, -0.15) is 0 Å². The molecule has 2 heteroatoms. The minimum atomic E-state index is 0.582. The topological polar surface area (TPSA) is 3.24 Å². The van der Waals surface area contributed by atoms with Crippen LogP contribution < -0.4 is 0 Å². The van der Waals surface area contributed by atoms with E-state index in [2.05, 4.69) is 75.1 Å². The van der Waals surface area contributed by atoms with E-state index in [0.29, 0.717) is 11.8 Å². The molecule has 0 aliphatic heterocycles. The van der Waals surface area contributed by atoms with Crippen LogP contribution in [0.2, 0.25) is 0 Å². The van der Waals surface area contributed by atoms with Crippen molar-refractivity contribution in [3.05, 3.63) is 48.0 Å². The maximum absolute atomic E-state index is 2.53. The Labute approximate surface area is 143 Å². The summed E-state index contributed by atoms with van der Waals surface area (Å²) in [5.74, 6) is 1.25. The number of nitrogens with zero attached hydrogens (tertiary/aromatic N) is 1. The molecule has 2 aromatic carbocycles. The van der Waals surface area contributed by atoms with Crippen molar-refractivity contribution < 1.29 is 0 Å². The molecule has 23 heavy (non-hydrogen) atoms. The first-order valence-electron chi connectivity index (χ1n) is 8.77. The molecule has 0 aliphatic rings. The summed E-state index contributed by atoms with van der Waals surface area (Å²) in [5, 5.41) is 2.82. The van der Waals surface area contributed by atoms with Crippen LogP contribution in [0.5, 0.6) is 0 Å². The Kier molecular flexibility index (Phi) is 5.03. The third-order valence-corrected chi connectivity index (χ3v) is 6.37. The van der Waals surface area contributed by atoms with E-state index < -0.39 is 0 Å². The standard InChI is InChI=1S/C21H27NS/c1-5-22(6-2)14-15(3)16(4)17-11-12-21-19(13-17)18-9-7-8-10-20(18)23-21/h7-13,15-16H,5-6,14H2,1-4H3. The summed E-state index contributed by atoms with van der Waals surface area (Å²) in [5.41, 5.74) is 1.47. The van der Waals surface area contributed by atoms with Gasteiger partial charge < -0.3 is 4.90 Å². The first-order valence-corrected chi connectivity index (χ1v) is 9.59. The first-order chi connectivity index (χ1) is 11.1. The van der Waals surface area contributed by atoms with Crippen LogP contribution in [0, 0.1) is 5.92 Å². The van der Waals surface area contributed by atoms with Crippen LogP contribution in [0.4, 0.5) is 0 Å². The second-order valence-electron chi connectivity index (χ2n) is 6.61. The fourth-order valence-electron chi connectivity index (χ4n) is 3.40. The molecule has 0 radical (unpaired) electrons. The maximum Gasteiger partial charge on any atom is 0.0355 e. The van der Waals surface area contributed by atoms with Gasteiger partial charge in [0.25, 0.3) is 0 Å². The number of hydrogen-bond acceptors (Lipinski definition) is 2. The van der Waals surface area contributed by atoms with Gasteiger partial charge in [0.05, 0.1) is 0 Å². The fraction of sp³-hybridized carbons (Fsp3) is 0.429. The van der Waals surface area contributed by atoms with E-state index in [4.69, 9.17) is 0 Å². The molecule has 0 amide bonds. The summed E-state index contributed by atoms with van der Waals surface area (Å²) in [6.45, 7) is 12.7. The molecule has 2 atom stereocenters. The largest absolute Gasteiger partial charge is 0.304 e. The maximum atomic E-state index is 2.53. The van der Waals surface area contributed by atoms with Crippen molar-refractivity contribution in [3.8, 4) is 0 Å². The Balaban J connectivity index is 1.91. The van der Waals surface area contributed by atoms with Crippen molar-refractivity contribution in [3.63, 3.8) is 0 Å². The summed E-state index contributed by atoms with van der Waals surface area (Å²) in [6, 6.07) is 15.8. The summed E-state index contributed by atoms with van der Waals surface area (Å²) in [7, 11) is 0. The van der Waals surface area contributed by atoms with Crippen molar-refractivity contribution >= 4 is 31.5 Å². The third-order valence-electron chi connectivity index (χ3n) is 5.22. The van der Waals surface area contributed by atoms with E-state index in [1.807, 2.05) is 11.3 Å². The van der Waals surface area contributed by atoms with Gasteiger partial charge in [-0.05, 0) is 48.7 Å². The van der Waals surface area contributed by atoms with E-state index in [1.54, 1.807) is 0 Å². The molecule has 3 rings (SSSR count). The van der Waals surface area contributed by atoms with Gasteiger partial charge in [-0.15, -0.1) is 11.3 Å². The normalized spacial score (nSPS) is 14.7. The Hall–Kier alpha value is -1.38. The van der Waals surface area contributed by atoms with Gasteiger partial charge in [0, 0.05) is 26.7 Å². The molecular formula is C21H27NS. The highest BCUT2D eigenvalue weighted by Crippen LogP contribution is 2.36. The minimum Gasteiger partial charge on any atom is -0.304 e. The Morgan fingerprint density at radius 3 is 2.35 bits per heavy atom. The molecule has 2 unspecified atom stereocenters. The molecule has 1 aromatic heterocycles. The zero-order valence-electron chi connectivity index (χ0n) is 14.7. The second-order valence-corrected chi connectivity index (χ2v) is 7.69. The molecule has 1 nitrogen and oxygen atoms in total. The molecule has 0 N–H and O–H groups in total. The second kappa shape index (κ2) is 7.02. The molecule has 0 aliphatic carbocycles. The highest BCUT2D eigenvalue weighted by atomic mass is 32.1. The van der Waals surface area contributed by atoms with Crippen LogP contribution in [0.3, 0.4) is 0 Å². The van der Waals surface area contributed by atoms with Crippen LogP contribution in [0.1, 0.15) is 39.2 Å². The van der Waals surface area contributed by atoms with Crippen LogP contribution in [0.15, 0.2) is 42.5 Å². The van der Waals surface area contributed by atoms with E-state index in [9.17, 15) is 0 Å². The van der Waals surface area contributed by atoms with Crippen molar-refractivity contribution in [2.24, 2.45) is 5.92 Å². The zero-order chi connectivity index (χ0) is 16.4. The van der Waals surface area contributed by atoms with Gasteiger partial charge >= 0.3 is 0 Å². The predicted octanol–water partition coefficient (Wildman–Crippen LogP) is 6.14. The fourth-order valence-corrected chi connectivity index (χ4v) is 4.49. The molecule has 1 heterocycles. The Morgan fingerprint density at radius 2 is 1.61 bits per heavy atom. The summed E-state index contributed by atoms with van der Waals surface area (Å²) in [6.07, 6.45) is 0. The smallest absolute Gasteiger partial charge is 0.0355 e. The lowest BCUT2D eigenvalue weighted by Crippen LogP contribution is -2.30. The average molecular weight is 326 g/mol. The van der Waals surface area contributed by atoms with E-state index >= 15 is 0 Å². The molecule has 0 fully saturated rings. The van der Waals surface area contributed by atoms with E-state index in [1.165, 1.54) is 32.3 Å². The summed E-state index contributed by atoms with van der Waals surface area (Å²) >= 11 is 1.90. The third kappa shape index (κ3) is 3.29. The average Bonchev–Trinajstić information content (AvgIpc) is 2.96. The molecule has 0 spiro atoms. The lowest BCUT2D eigenvalue weighted by molar-refractivity contribution is 0.245. The van der Waals surface area contributed by atoms with Crippen LogP contribution in [-0.2, 0) is 0 Å².